The van der Waals surface area contributed by atoms with Crippen LogP contribution in [0.1, 0.15) is 22.3 Å². The smallest absolute Gasteiger partial charge is 0.325 e. The third-order valence-corrected chi connectivity index (χ3v) is 4.26. The summed E-state index contributed by atoms with van der Waals surface area (Å²) in [4.78, 5) is 25.8. The van der Waals surface area contributed by atoms with Gasteiger partial charge in [0.25, 0.3) is 0 Å². The van der Waals surface area contributed by atoms with E-state index < -0.39 is 5.97 Å². The zero-order valence-electron chi connectivity index (χ0n) is 14.3. The molecule has 2 aromatic carbocycles. The number of nitriles is 1. The Labute approximate surface area is 152 Å². The average molecular weight is 349 g/mol. The highest BCUT2D eigenvalue weighted by atomic mass is 16.5. The second-order valence-corrected chi connectivity index (χ2v) is 6.07. The molecule has 1 heterocycles. The molecule has 6 nitrogen and oxygen atoms in total. The van der Waals surface area contributed by atoms with E-state index >= 15 is 0 Å². The second-order valence-electron chi connectivity index (χ2n) is 6.07. The van der Waals surface area contributed by atoms with Crippen LogP contribution in [-0.4, -0.2) is 30.0 Å². The van der Waals surface area contributed by atoms with Crippen LogP contribution < -0.4 is 5.32 Å². The quantitative estimate of drug-likeness (QED) is 0.859. The Morgan fingerprint density at radius 3 is 2.77 bits per heavy atom. The Hall–Kier alpha value is -3.33. The van der Waals surface area contributed by atoms with Crippen LogP contribution >= 0.6 is 0 Å². The Morgan fingerprint density at radius 2 is 1.96 bits per heavy atom. The van der Waals surface area contributed by atoms with Gasteiger partial charge in [0.15, 0.2) is 0 Å². The van der Waals surface area contributed by atoms with Crippen LogP contribution in [0.3, 0.4) is 0 Å². The summed E-state index contributed by atoms with van der Waals surface area (Å²) in [5.74, 6) is -0.516. The zero-order chi connectivity index (χ0) is 18.4. The Kier molecular flexibility index (Phi) is 5.49. The molecule has 2 aromatic rings. The number of urea groups is 1. The molecule has 0 fully saturated rings. The summed E-state index contributed by atoms with van der Waals surface area (Å²) >= 11 is 0. The molecule has 1 N–H and O–H groups in total. The summed E-state index contributed by atoms with van der Waals surface area (Å²) < 4.78 is 5.14. The van der Waals surface area contributed by atoms with E-state index in [2.05, 4.69) is 11.4 Å². The van der Waals surface area contributed by atoms with Crippen LogP contribution in [0.25, 0.3) is 0 Å². The fraction of sp³-hybridized carbons (Fsp3) is 0.250. The molecule has 0 saturated carbocycles. The molecule has 0 saturated heterocycles. The Bertz CT molecular complexity index is 857. The van der Waals surface area contributed by atoms with E-state index in [1.807, 2.05) is 24.3 Å². The lowest BCUT2D eigenvalue weighted by molar-refractivity contribution is -0.143. The third kappa shape index (κ3) is 4.39. The summed E-state index contributed by atoms with van der Waals surface area (Å²) in [6.07, 6.45) is 0.809. The molecule has 132 valence electrons. The molecule has 6 heteroatoms. The molecule has 0 aromatic heterocycles. The highest BCUT2D eigenvalue weighted by Crippen LogP contribution is 2.18. The van der Waals surface area contributed by atoms with Crippen molar-refractivity contribution >= 4 is 12.0 Å². The predicted octanol–water partition coefficient (Wildman–Crippen LogP) is 2.37. The van der Waals surface area contributed by atoms with Crippen molar-refractivity contribution in [2.45, 2.75) is 19.6 Å². The Morgan fingerprint density at radius 1 is 1.15 bits per heavy atom. The lowest BCUT2D eigenvalue weighted by atomic mass is 10.0. The fourth-order valence-corrected chi connectivity index (χ4v) is 2.87. The molecule has 1 aliphatic rings. The average Bonchev–Trinajstić information content (AvgIpc) is 2.70. The maximum absolute atomic E-state index is 12.2. The molecule has 0 aliphatic carbocycles. The van der Waals surface area contributed by atoms with Crippen molar-refractivity contribution < 1.29 is 14.3 Å². The first-order chi connectivity index (χ1) is 12.7. The van der Waals surface area contributed by atoms with Gasteiger partial charge in [0.1, 0.15) is 13.2 Å². The summed E-state index contributed by atoms with van der Waals surface area (Å²) in [6.45, 7) is 1.05. The molecule has 26 heavy (non-hydrogen) atoms. The molecular formula is C20H19N3O3. The van der Waals surface area contributed by atoms with Crippen molar-refractivity contribution in [1.29, 1.82) is 5.26 Å². The number of rotatable bonds is 4. The molecule has 0 radical (unpaired) electrons. The van der Waals surface area contributed by atoms with E-state index in [1.54, 1.807) is 29.2 Å². The van der Waals surface area contributed by atoms with Gasteiger partial charge >= 0.3 is 12.0 Å². The first kappa shape index (κ1) is 17.5. The number of esters is 1. The van der Waals surface area contributed by atoms with Gasteiger partial charge in [-0.1, -0.05) is 36.4 Å². The minimum Gasteiger partial charge on any atom is -0.460 e. The number of hydrogen-bond acceptors (Lipinski definition) is 4. The number of nitrogens with one attached hydrogen (secondary N) is 1. The summed E-state index contributed by atoms with van der Waals surface area (Å²) in [5.41, 5.74) is 3.64. The number of carbonyl (C=O) groups excluding carboxylic acids is 2. The third-order valence-electron chi connectivity index (χ3n) is 4.26. The van der Waals surface area contributed by atoms with Gasteiger partial charge in [0.05, 0.1) is 11.6 Å². The van der Waals surface area contributed by atoms with Crippen LogP contribution in [-0.2, 0) is 29.1 Å². The van der Waals surface area contributed by atoms with Gasteiger partial charge < -0.3 is 15.0 Å². The van der Waals surface area contributed by atoms with Gasteiger partial charge in [0, 0.05) is 13.1 Å². The highest BCUT2D eigenvalue weighted by molar-refractivity contribution is 5.81. The summed E-state index contributed by atoms with van der Waals surface area (Å²) in [5, 5.41) is 11.5. The molecule has 0 spiro atoms. The first-order valence-corrected chi connectivity index (χ1v) is 8.40. The molecule has 2 amide bonds. The number of nitrogens with zero attached hydrogens (tertiary/aromatic N) is 2. The fourth-order valence-electron chi connectivity index (χ4n) is 2.87. The number of hydrogen-bond donors (Lipinski definition) is 1. The van der Waals surface area contributed by atoms with Crippen molar-refractivity contribution in [2.24, 2.45) is 0 Å². The van der Waals surface area contributed by atoms with E-state index in [0.29, 0.717) is 18.7 Å². The Balaban J connectivity index is 1.44. The number of fused-ring (bicyclic) bond motifs is 1. The lowest BCUT2D eigenvalue weighted by Crippen LogP contribution is -2.44. The summed E-state index contributed by atoms with van der Waals surface area (Å²) in [6, 6.07) is 16.7. The van der Waals surface area contributed by atoms with E-state index in [1.165, 1.54) is 5.56 Å². The maximum atomic E-state index is 12.2. The summed E-state index contributed by atoms with van der Waals surface area (Å²) in [7, 11) is 0. The molecule has 0 unspecified atom stereocenters. The number of benzene rings is 2. The van der Waals surface area contributed by atoms with Gasteiger partial charge in [-0.25, -0.2) is 4.79 Å². The van der Waals surface area contributed by atoms with E-state index in [4.69, 9.17) is 10.00 Å². The number of carbonyl (C=O) groups is 2. The van der Waals surface area contributed by atoms with Crippen LogP contribution in [0.2, 0.25) is 0 Å². The SMILES string of the molecule is N#Cc1cccc(COC(=O)CNC(=O)N2CCc3ccccc3C2)c1. The van der Waals surface area contributed by atoms with Gasteiger partial charge in [-0.15, -0.1) is 0 Å². The molecule has 0 bridgehead atoms. The lowest BCUT2D eigenvalue weighted by Gasteiger charge is -2.28. The normalized spacial score (nSPS) is 12.7. The highest BCUT2D eigenvalue weighted by Gasteiger charge is 2.20. The maximum Gasteiger partial charge on any atom is 0.325 e. The van der Waals surface area contributed by atoms with Crippen molar-refractivity contribution in [2.75, 3.05) is 13.1 Å². The molecule has 3 rings (SSSR count). The van der Waals surface area contributed by atoms with E-state index in [-0.39, 0.29) is 19.2 Å². The van der Waals surface area contributed by atoms with Crippen LogP contribution in [0.4, 0.5) is 4.79 Å². The van der Waals surface area contributed by atoms with Gasteiger partial charge in [0.2, 0.25) is 0 Å². The van der Waals surface area contributed by atoms with Gasteiger partial charge in [-0.3, -0.25) is 4.79 Å². The number of amides is 2. The predicted molar refractivity (Wildman–Crippen MR) is 94.9 cm³/mol. The van der Waals surface area contributed by atoms with Crippen LogP contribution in [0.15, 0.2) is 48.5 Å². The minimum atomic E-state index is -0.516. The second kappa shape index (κ2) is 8.17. The van der Waals surface area contributed by atoms with Crippen molar-refractivity contribution in [3.63, 3.8) is 0 Å². The zero-order valence-corrected chi connectivity index (χ0v) is 14.3. The van der Waals surface area contributed by atoms with Crippen molar-refractivity contribution in [3.8, 4) is 6.07 Å². The topological polar surface area (TPSA) is 82.4 Å². The van der Waals surface area contributed by atoms with Crippen LogP contribution in [0, 0.1) is 11.3 Å². The van der Waals surface area contributed by atoms with Gasteiger partial charge in [-0.05, 0) is 35.2 Å². The van der Waals surface area contributed by atoms with E-state index in [9.17, 15) is 9.59 Å². The van der Waals surface area contributed by atoms with Crippen molar-refractivity contribution in [1.82, 2.24) is 10.2 Å². The molecular weight excluding hydrogens is 330 g/mol. The van der Waals surface area contributed by atoms with Crippen molar-refractivity contribution in [3.05, 3.63) is 70.8 Å². The number of ether oxygens (including phenoxy) is 1. The van der Waals surface area contributed by atoms with Gasteiger partial charge in [-0.2, -0.15) is 5.26 Å². The monoisotopic (exact) mass is 349 g/mol. The molecule has 1 aliphatic heterocycles. The first-order valence-electron chi connectivity index (χ1n) is 8.40. The van der Waals surface area contributed by atoms with Crippen LogP contribution in [0.5, 0.6) is 0 Å². The minimum absolute atomic E-state index is 0.0707. The van der Waals surface area contributed by atoms with E-state index in [0.717, 1.165) is 17.5 Å². The largest absolute Gasteiger partial charge is 0.460 e. The molecule has 0 atom stereocenters. The standard InChI is InChI=1S/C20H19N3O3/c21-11-15-4-3-5-16(10-15)14-26-19(24)12-22-20(25)23-9-8-17-6-1-2-7-18(17)13-23/h1-7,10H,8-9,12-14H2,(H,22,25).